The number of nitrogens with one attached hydrogen (secondary N) is 1. The van der Waals surface area contributed by atoms with E-state index in [-0.39, 0.29) is 17.9 Å². The Morgan fingerprint density at radius 2 is 2.08 bits per heavy atom. The van der Waals surface area contributed by atoms with Gasteiger partial charge in [0, 0.05) is 0 Å². The summed E-state index contributed by atoms with van der Waals surface area (Å²) in [5.41, 5.74) is 3.55. The number of hydrogen-bond acceptors (Lipinski definition) is 5. The van der Waals surface area contributed by atoms with Crippen LogP contribution >= 0.6 is 22.6 Å². The molecule has 1 aliphatic heterocycles. The van der Waals surface area contributed by atoms with Crippen molar-refractivity contribution >= 4 is 34.7 Å². The minimum Gasteiger partial charge on any atom is -0.485 e. The predicted octanol–water partition coefficient (Wildman–Crippen LogP) is 3.47. The standard InChI is InChI=1S/C18H19IN2O4/c1-18(2,3)11-4-6-13-14(8-11)25-15(10-23-13)17(22)21-20-9-12-5-7-16(19)24-12/h4-9,15H,10H2,1-3H3,(H,21,22)/b20-9-. The first-order valence-electron chi connectivity index (χ1n) is 7.85. The van der Waals surface area contributed by atoms with Gasteiger partial charge in [-0.25, -0.2) is 5.43 Å². The minimum absolute atomic E-state index is 0.0154. The Morgan fingerprint density at radius 1 is 1.28 bits per heavy atom. The van der Waals surface area contributed by atoms with Gasteiger partial charge in [0.15, 0.2) is 15.3 Å². The Kier molecular flexibility index (Phi) is 5.03. The average Bonchev–Trinajstić information content (AvgIpc) is 2.98. The molecular formula is C18H19IN2O4. The summed E-state index contributed by atoms with van der Waals surface area (Å²) in [4.78, 5) is 12.2. The fourth-order valence-corrected chi connectivity index (χ4v) is 2.73. The van der Waals surface area contributed by atoms with Gasteiger partial charge in [-0.2, -0.15) is 5.10 Å². The van der Waals surface area contributed by atoms with Crippen LogP contribution in [0.2, 0.25) is 0 Å². The Bertz CT molecular complexity index is 808. The average molecular weight is 454 g/mol. The van der Waals surface area contributed by atoms with Crippen LogP contribution in [0.3, 0.4) is 0 Å². The maximum atomic E-state index is 12.2. The van der Waals surface area contributed by atoms with Crippen molar-refractivity contribution in [3.63, 3.8) is 0 Å². The first-order chi connectivity index (χ1) is 11.8. The number of benzene rings is 1. The zero-order chi connectivity index (χ0) is 18.0. The van der Waals surface area contributed by atoms with Crippen LogP contribution in [0, 0.1) is 3.77 Å². The summed E-state index contributed by atoms with van der Waals surface area (Å²) < 4.78 is 17.5. The molecule has 7 heteroatoms. The molecule has 0 fully saturated rings. The molecule has 1 N–H and O–H groups in total. The molecule has 2 heterocycles. The molecule has 1 unspecified atom stereocenters. The van der Waals surface area contributed by atoms with Gasteiger partial charge in [0.25, 0.3) is 5.91 Å². The molecule has 25 heavy (non-hydrogen) atoms. The topological polar surface area (TPSA) is 73.1 Å². The molecule has 2 aromatic rings. The molecular weight excluding hydrogens is 435 g/mol. The van der Waals surface area contributed by atoms with E-state index in [1.807, 2.05) is 24.3 Å². The SMILES string of the molecule is CC(C)(C)c1ccc2c(c1)OC(C(=O)N/N=C\c1ccc(I)o1)CO2. The maximum absolute atomic E-state index is 12.2. The summed E-state index contributed by atoms with van der Waals surface area (Å²) in [6.45, 7) is 6.50. The second kappa shape index (κ2) is 7.07. The summed E-state index contributed by atoms with van der Waals surface area (Å²) in [5.74, 6) is 1.41. The van der Waals surface area contributed by atoms with Crippen molar-refractivity contribution in [2.24, 2.45) is 5.10 Å². The number of fused-ring (bicyclic) bond motifs is 1. The maximum Gasteiger partial charge on any atom is 0.284 e. The fraction of sp³-hybridized carbons (Fsp3) is 0.333. The van der Waals surface area contributed by atoms with E-state index in [1.54, 1.807) is 6.07 Å². The van der Waals surface area contributed by atoms with Gasteiger partial charge in [-0.05, 0) is 57.8 Å². The number of hydrogen-bond donors (Lipinski definition) is 1. The number of halogens is 1. The van der Waals surface area contributed by atoms with Crippen molar-refractivity contribution in [3.8, 4) is 11.5 Å². The van der Waals surface area contributed by atoms with E-state index in [9.17, 15) is 4.79 Å². The van der Waals surface area contributed by atoms with Gasteiger partial charge in [0.2, 0.25) is 6.10 Å². The highest BCUT2D eigenvalue weighted by Gasteiger charge is 2.28. The Balaban J connectivity index is 1.65. The molecule has 1 amide bonds. The summed E-state index contributed by atoms with van der Waals surface area (Å²) in [6.07, 6.45) is 0.687. The highest BCUT2D eigenvalue weighted by molar-refractivity contribution is 14.1. The molecule has 0 saturated heterocycles. The molecule has 132 valence electrons. The zero-order valence-electron chi connectivity index (χ0n) is 14.2. The number of hydrazone groups is 1. The highest BCUT2D eigenvalue weighted by atomic mass is 127. The first kappa shape index (κ1) is 17.8. The van der Waals surface area contributed by atoms with E-state index >= 15 is 0 Å². The van der Waals surface area contributed by atoms with Crippen molar-refractivity contribution < 1.29 is 18.7 Å². The number of nitrogens with zero attached hydrogens (tertiary/aromatic N) is 1. The number of amides is 1. The van der Waals surface area contributed by atoms with E-state index in [0.717, 1.165) is 9.33 Å². The zero-order valence-corrected chi connectivity index (χ0v) is 16.4. The van der Waals surface area contributed by atoms with E-state index in [2.05, 4.69) is 53.9 Å². The third kappa shape index (κ3) is 4.33. The number of carbonyl (C=O) groups is 1. The molecule has 1 aromatic heterocycles. The summed E-state index contributed by atoms with van der Waals surface area (Å²) >= 11 is 2.06. The van der Waals surface area contributed by atoms with E-state index in [4.69, 9.17) is 13.9 Å². The molecule has 0 radical (unpaired) electrons. The smallest absolute Gasteiger partial charge is 0.284 e. The van der Waals surface area contributed by atoms with Gasteiger partial charge in [-0.1, -0.05) is 26.8 Å². The predicted molar refractivity (Wildman–Crippen MR) is 102 cm³/mol. The van der Waals surface area contributed by atoms with Gasteiger partial charge in [0.05, 0.1) is 6.21 Å². The van der Waals surface area contributed by atoms with Crippen LogP contribution in [0.5, 0.6) is 11.5 Å². The molecule has 0 aliphatic carbocycles. The van der Waals surface area contributed by atoms with Gasteiger partial charge < -0.3 is 13.9 Å². The second-order valence-electron chi connectivity index (χ2n) is 6.71. The molecule has 1 aliphatic rings. The molecule has 6 nitrogen and oxygen atoms in total. The van der Waals surface area contributed by atoms with Crippen molar-refractivity contribution in [1.82, 2.24) is 5.43 Å². The van der Waals surface area contributed by atoms with E-state index in [1.165, 1.54) is 6.21 Å². The normalized spacial score (nSPS) is 16.9. The lowest BCUT2D eigenvalue weighted by Gasteiger charge is -2.27. The van der Waals surface area contributed by atoms with E-state index in [0.29, 0.717) is 17.3 Å². The minimum atomic E-state index is -0.753. The van der Waals surface area contributed by atoms with Crippen molar-refractivity contribution in [2.75, 3.05) is 6.61 Å². The van der Waals surface area contributed by atoms with Crippen LogP contribution in [-0.4, -0.2) is 24.8 Å². The fourth-order valence-electron chi connectivity index (χ4n) is 2.30. The monoisotopic (exact) mass is 454 g/mol. The van der Waals surface area contributed by atoms with Gasteiger partial charge >= 0.3 is 0 Å². The first-order valence-corrected chi connectivity index (χ1v) is 8.93. The van der Waals surface area contributed by atoms with Crippen LogP contribution < -0.4 is 14.9 Å². The van der Waals surface area contributed by atoms with Crippen molar-refractivity contribution in [2.45, 2.75) is 32.3 Å². The lowest BCUT2D eigenvalue weighted by atomic mass is 9.87. The van der Waals surface area contributed by atoms with Crippen LogP contribution in [0.25, 0.3) is 0 Å². The van der Waals surface area contributed by atoms with Crippen molar-refractivity contribution in [1.29, 1.82) is 0 Å². The highest BCUT2D eigenvalue weighted by Crippen LogP contribution is 2.36. The number of carbonyl (C=O) groups excluding carboxylic acids is 1. The molecule has 3 rings (SSSR count). The largest absolute Gasteiger partial charge is 0.485 e. The number of rotatable bonds is 3. The quantitative estimate of drug-likeness (QED) is 0.438. The van der Waals surface area contributed by atoms with E-state index < -0.39 is 6.10 Å². The van der Waals surface area contributed by atoms with Crippen molar-refractivity contribution in [3.05, 3.63) is 45.4 Å². The van der Waals surface area contributed by atoms with Crippen LogP contribution in [0.15, 0.2) is 39.9 Å². The molecule has 1 atom stereocenters. The summed E-state index contributed by atoms with van der Waals surface area (Å²) in [7, 11) is 0. The summed E-state index contributed by atoms with van der Waals surface area (Å²) in [6, 6.07) is 9.38. The molecule has 0 spiro atoms. The second-order valence-corrected chi connectivity index (χ2v) is 7.77. The number of ether oxygens (including phenoxy) is 2. The third-order valence-corrected chi connectivity index (χ3v) is 4.30. The van der Waals surface area contributed by atoms with Crippen LogP contribution in [0.1, 0.15) is 32.1 Å². The lowest BCUT2D eigenvalue weighted by molar-refractivity contribution is -0.130. The molecule has 0 saturated carbocycles. The Hall–Kier alpha value is -2.03. The Morgan fingerprint density at radius 3 is 2.76 bits per heavy atom. The molecule has 1 aromatic carbocycles. The van der Waals surface area contributed by atoms with Crippen LogP contribution in [-0.2, 0) is 10.2 Å². The van der Waals surface area contributed by atoms with Crippen LogP contribution in [0.4, 0.5) is 0 Å². The van der Waals surface area contributed by atoms with Gasteiger partial charge in [-0.15, -0.1) is 0 Å². The van der Waals surface area contributed by atoms with Gasteiger partial charge in [0.1, 0.15) is 12.4 Å². The Labute approximate surface area is 159 Å². The van der Waals surface area contributed by atoms with Gasteiger partial charge in [-0.3, -0.25) is 4.79 Å². The lowest BCUT2D eigenvalue weighted by Crippen LogP contribution is -2.42. The summed E-state index contributed by atoms with van der Waals surface area (Å²) in [5, 5.41) is 3.89. The number of furan rings is 1. The third-order valence-electron chi connectivity index (χ3n) is 3.72. The molecule has 0 bridgehead atoms.